The van der Waals surface area contributed by atoms with Gasteiger partial charge in [0, 0.05) is 22.8 Å². The van der Waals surface area contributed by atoms with Crippen LogP contribution in [0, 0.1) is 5.82 Å². The van der Waals surface area contributed by atoms with Gasteiger partial charge in [-0.15, -0.1) is 11.3 Å². The van der Waals surface area contributed by atoms with Gasteiger partial charge in [0.05, 0.1) is 15.8 Å². The normalized spacial score (nSPS) is 13.5. The maximum absolute atomic E-state index is 14.5. The fourth-order valence-electron chi connectivity index (χ4n) is 3.40. The van der Waals surface area contributed by atoms with Crippen LogP contribution in [0.1, 0.15) is 12.1 Å². The molecular weight excluding hydrogens is 357 g/mol. The van der Waals surface area contributed by atoms with E-state index in [1.807, 2.05) is 22.9 Å². The van der Waals surface area contributed by atoms with E-state index in [0.717, 1.165) is 45.9 Å². The molecule has 0 amide bonds. The summed E-state index contributed by atoms with van der Waals surface area (Å²) in [7, 11) is 0. The van der Waals surface area contributed by atoms with Crippen LogP contribution in [-0.4, -0.2) is 14.8 Å². The number of nitrogens with zero attached hydrogens (tertiary/aromatic N) is 3. The zero-order valence-corrected chi connectivity index (χ0v) is 14.7. The molecule has 2 aromatic carbocycles. The molecule has 2 aromatic heterocycles. The molecule has 0 aliphatic carbocycles. The molecule has 0 unspecified atom stereocenters. The van der Waals surface area contributed by atoms with E-state index in [1.165, 1.54) is 6.07 Å². The van der Waals surface area contributed by atoms with Gasteiger partial charge in [0.25, 0.3) is 0 Å². The molecule has 3 heterocycles. The Bertz CT molecular complexity index is 1080. The van der Waals surface area contributed by atoms with Gasteiger partial charge >= 0.3 is 0 Å². The molecule has 0 spiro atoms. The molecule has 0 fully saturated rings. The van der Waals surface area contributed by atoms with Crippen LogP contribution in [0.3, 0.4) is 0 Å². The molecule has 3 nitrogen and oxygen atoms in total. The van der Waals surface area contributed by atoms with Crippen molar-refractivity contribution in [2.24, 2.45) is 0 Å². The molecule has 0 N–H and O–H groups in total. The van der Waals surface area contributed by atoms with E-state index in [1.54, 1.807) is 23.5 Å². The van der Waals surface area contributed by atoms with Crippen LogP contribution in [-0.2, 0) is 13.0 Å². The SMILES string of the molecule is Fc1ccc(Cl)cc1-c1nn2c(c1-c1nc3ccccc3s1)CCC2. The fraction of sp³-hybridized carbons (Fsp3) is 0.158. The van der Waals surface area contributed by atoms with Gasteiger partial charge in [-0.3, -0.25) is 4.68 Å². The number of aryl methyl sites for hydroxylation is 1. The van der Waals surface area contributed by atoms with E-state index in [9.17, 15) is 4.39 Å². The number of hydrogen-bond donors (Lipinski definition) is 0. The van der Waals surface area contributed by atoms with Gasteiger partial charge < -0.3 is 0 Å². The number of hydrogen-bond acceptors (Lipinski definition) is 3. The quantitative estimate of drug-likeness (QED) is 0.462. The highest BCUT2D eigenvalue weighted by atomic mass is 35.5. The molecule has 0 atom stereocenters. The van der Waals surface area contributed by atoms with E-state index in [0.29, 0.717) is 16.3 Å². The molecule has 4 aromatic rings. The van der Waals surface area contributed by atoms with Crippen molar-refractivity contribution in [3.63, 3.8) is 0 Å². The highest BCUT2D eigenvalue weighted by Crippen LogP contribution is 2.41. The van der Waals surface area contributed by atoms with Crippen molar-refractivity contribution in [2.75, 3.05) is 0 Å². The Morgan fingerprint density at radius 1 is 1.16 bits per heavy atom. The summed E-state index contributed by atoms with van der Waals surface area (Å²) in [6, 6.07) is 12.6. The Hall–Kier alpha value is -2.24. The summed E-state index contributed by atoms with van der Waals surface area (Å²) in [6.07, 6.45) is 1.99. The molecule has 0 saturated carbocycles. The third-order valence-corrected chi connectivity index (χ3v) is 5.82. The van der Waals surface area contributed by atoms with Crippen LogP contribution in [0.5, 0.6) is 0 Å². The molecular formula is C19H13ClFN3S. The minimum absolute atomic E-state index is 0.316. The van der Waals surface area contributed by atoms with Crippen molar-refractivity contribution in [3.8, 4) is 21.8 Å². The van der Waals surface area contributed by atoms with Gasteiger partial charge in [-0.1, -0.05) is 23.7 Å². The molecule has 25 heavy (non-hydrogen) atoms. The summed E-state index contributed by atoms with van der Waals surface area (Å²) in [6.45, 7) is 0.857. The number of para-hydroxylation sites is 1. The van der Waals surface area contributed by atoms with Crippen LogP contribution in [0.25, 0.3) is 32.0 Å². The monoisotopic (exact) mass is 369 g/mol. The third kappa shape index (κ3) is 2.38. The molecule has 0 radical (unpaired) electrons. The lowest BCUT2D eigenvalue weighted by Crippen LogP contribution is -1.94. The average molecular weight is 370 g/mol. The summed E-state index contributed by atoms with van der Waals surface area (Å²) in [4.78, 5) is 4.78. The van der Waals surface area contributed by atoms with E-state index in [-0.39, 0.29) is 5.82 Å². The summed E-state index contributed by atoms with van der Waals surface area (Å²) in [5.41, 5.74) is 4.10. The number of fused-ring (bicyclic) bond motifs is 2. The predicted molar refractivity (Wildman–Crippen MR) is 99.6 cm³/mol. The first-order valence-electron chi connectivity index (χ1n) is 8.12. The van der Waals surface area contributed by atoms with E-state index >= 15 is 0 Å². The van der Waals surface area contributed by atoms with Gasteiger partial charge in [-0.2, -0.15) is 5.10 Å². The van der Waals surface area contributed by atoms with Gasteiger partial charge in [0.2, 0.25) is 0 Å². The number of rotatable bonds is 2. The topological polar surface area (TPSA) is 30.7 Å². The molecule has 1 aliphatic heterocycles. The van der Waals surface area contributed by atoms with E-state index < -0.39 is 0 Å². The van der Waals surface area contributed by atoms with Crippen molar-refractivity contribution in [1.29, 1.82) is 0 Å². The van der Waals surface area contributed by atoms with Crippen LogP contribution < -0.4 is 0 Å². The molecule has 6 heteroatoms. The Morgan fingerprint density at radius 2 is 2.04 bits per heavy atom. The Labute approximate surface area is 152 Å². The smallest absolute Gasteiger partial charge is 0.132 e. The highest BCUT2D eigenvalue weighted by molar-refractivity contribution is 7.21. The minimum Gasteiger partial charge on any atom is -0.268 e. The molecule has 0 bridgehead atoms. The summed E-state index contributed by atoms with van der Waals surface area (Å²) < 4.78 is 17.6. The minimum atomic E-state index is -0.316. The van der Waals surface area contributed by atoms with Crippen molar-refractivity contribution < 1.29 is 4.39 Å². The Balaban J connectivity index is 1.80. The zero-order chi connectivity index (χ0) is 17.0. The van der Waals surface area contributed by atoms with Crippen molar-refractivity contribution >= 4 is 33.2 Å². The number of aromatic nitrogens is 3. The summed E-state index contributed by atoms with van der Waals surface area (Å²) >= 11 is 7.73. The Kier molecular flexibility index (Phi) is 3.40. The van der Waals surface area contributed by atoms with Crippen LogP contribution >= 0.6 is 22.9 Å². The highest BCUT2D eigenvalue weighted by Gasteiger charge is 2.27. The lowest BCUT2D eigenvalue weighted by atomic mass is 10.0. The van der Waals surface area contributed by atoms with Crippen LogP contribution in [0.2, 0.25) is 5.02 Å². The summed E-state index contributed by atoms with van der Waals surface area (Å²) in [5, 5.41) is 6.08. The first kappa shape index (κ1) is 15.0. The van der Waals surface area contributed by atoms with Crippen molar-refractivity contribution in [3.05, 3.63) is 59.0 Å². The largest absolute Gasteiger partial charge is 0.268 e. The van der Waals surface area contributed by atoms with Crippen molar-refractivity contribution in [1.82, 2.24) is 14.8 Å². The molecule has 1 aliphatic rings. The lowest BCUT2D eigenvalue weighted by molar-refractivity contribution is 0.627. The molecule has 0 saturated heterocycles. The van der Waals surface area contributed by atoms with Gasteiger partial charge in [0.1, 0.15) is 16.5 Å². The van der Waals surface area contributed by atoms with Crippen LogP contribution in [0.4, 0.5) is 4.39 Å². The first-order chi connectivity index (χ1) is 12.2. The second-order valence-electron chi connectivity index (χ2n) is 6.11. The van der Waals surface area contributed by atoms with Crippen molar-refractivity contribution in [2.45, 2.75) is 19.4 Å². The third-order valence-electron chi connectivity index (χ3n) is 4.53. The molecule has 124 valence electrons. The predicted octanol–water partition coefficient (Wildman–Crippen LogP) is 5.57. The first-order valence-corrected chi connectivity index (χ1v) is 9.31. The second kappa shape index (κ2) is 5.64. The standard InChI is InChI=1S/C19H13ClFN3S/c20-11-7-8-13(21)12(10-11)18-17(15-5-3-9-24(15)23-18)19-22-14-4-1-2-6-16(14)25-19/h1-2,4,6-8,10H,3,5,9H2. The Morgan fingerprint density at radius 3 is 2.92 bits per heavy atom. The maximum atomic E-state index is 14.5. The maximum Gasteiger partial charge on any atom is 0.132 e. The summed E-state index contributed by atoms with van der Waals surface area (Å²) in [5.74, 6) is -0.316. The average Bonchev–Trinajstić information content (AvgIpc) is 3.29. The second-order valence-corrected chi connectivity index (χ2v) is 7.57. The van der Waals surface area contributed by atoms with Gasteiger partial charge in [-0.25, -0.2) is 9.37 Å². The number of thiazole rings is 1. The van der Waals surface area contributed by atoms with E-state index in [4.69, 9.17) is 21.7 Å². The van der Waals surface area contributed by atoms with Crippen LogP contribution in [0.15, 0.2) is 42.5 Å². The number of halogens is 2. The number of benzene rings is 2. The lowest BCUT2D eigenvalue weighted by Gasteiger charge is -2.04. The molecule has 5 rings (SSSR count). The zero-order valence-electron chi connectivity index (χ0n) is 13.2. The fourth-order valence-corrected chi connectivity index (χ4v) is 4.61. The van der Waals surface area contributed by atoms with Gasteiger partial charge in [-0.05, 0) is 43.2 Å². The van der Waals surface area contributed by atoms with Gasteiger partial charge in [0.15, 0.2) is 0 Å². The van der Waals surface area contributed by atoms with E-state index in [2.05, 4.69) is 6.07 Å².